The number of rotatable bonds is 6. The molecular weight excluding hydrogens is 687 g/mol. The van der Waals surface area contributed by atoms with Crippen molar-refractivity contribution in [2.75, 3.05) is 0 Å². The largest absolute Gasteiger partial charge is 0.456 e. The molecule has 0 radical (unpaired) electrons. The lowest BCUT2D eigenvalue weighted by Crippen LogP contribution is -2.00. The summed E-state index contributed by atoms with van der Waals surface area (Å²) in [5.74, 6) is 1.80. The van der Waals surface area contributed by atoms with Gasteiger partial charge < -0.3 is 8.83 Å². The molecule has 8 aromatic carbocycles. The van der Waals surface area contributed by atoms with Gasteiger partial charge in [-0.1, -0.05) is 133 Å². The summed E-state index contributed by atoms with van der Waals surface area (Å²) in [6.07, 6.45) is 0. The smallest absolute Gasteiger partial charge is 0.164 e. The second-order valence-electron chi connectivity index (χ2n) is 14.0. The van der Waals surface area contributed by atoms with Gasteiger partial charge >= 0.3 is 0 Å². The SMILES string of the molecule is c1ccc(-c2cccc(-c3ccc4oc5cccc(-c6cccc(-c7nc(-c8ccccc8)nc(-c8ccc9oc%10ccccc%10c9c8)n7)c6)c5c4c3)c2)cc1. The molecule has 262 valence electrons. The lowest BCUT2D eigenvalue weighted by Gasteiger charge is -2.10. The van der Waals surface area contributed by atoms with Crippen molar-refractivity contribution in [3.8, 4) is 67.5 Å². The first-order chi connectivity index (χ1) is 27.7. The molecule has 0 unspecified atom stereocenters. The highest BCUT2D eigenvalue weighted by Gasteiger charge is 2.18. The quantitative estimate of drug-likeness (QED) is 0.171. The monoisotopic (exact) mass is 717 g/mol. The maximum atomic E-state index is 6.45. The van der Waals surface area contributed by atoms with Crippen molar-refractivity contribution in [2.24, 2.45) is 0 Å². The molecule has 0 aliphatic heterocycles. The second-order valence-corrected chi connectivity index (χ2v) is 14.0. The molecule has 0 aliphatic rings. The molecule has 0 bridgehead atoms. The first kappa shape index (κ1) is 31.9. The van der Waals surface area contributed by atoms with Crippen LogP contribution in [0.2, 0.25) is 0 Å². The van der Waals surface area contributed by atoms with E-state index in [4.69, 9.17) is 23.8 Å². The van der Waals surface area contributed by atoms with Gasteiger partial charge in [0.05, 0.1) is 0 Å². The van der Waals surface area contributed by atoms with Gasteiger partial charge in [0.1, 0.15) is 22.3 Å². The van der Waals surface area contributed by atoms with Crippen molar-refractivity contribution in [1.82, 2.24) is 15.0 Å². The van der Waals surface area contributed by atoms with Crippen molar-refractivity contribution in [2.45, 2.75) is 0 Å². The Kier molecular flexibility index (Phi) is 7.42. The lowest BCUT2D eigenvalue weighted by atomic mass is 9.95. The molecule has 0 N–H and O–H groups in total. The molecule has 5 heteroatoms. The number of benzene rings is 8. The molecule has 0 amide bonds. The normalized spacial score (nSPS) is 11.6. The Balaban J connectivity index is 1.04. The van der Waals surface area contributed by atoms with E-state index in [1.807, 2.05) is 72.8 Å². The zero-order valence-electron chi connectivity index (χ0n) is 30.1. The van der Waals surface area contributed by atoms with E-state index in [0.717, 1.165) is 82.8 Å². The van der Waals surface area contributed by atoms with E-state index in [-0.39, 0.29) is 0 Å². The van der Waals surface area contributed by atoms with Gasteiger partial charge in [-0.15, -0.1) is 0 Å². The summed E-state index contributed by atoms with van der Waals surface area (Å²) in [7, 11) is 0. The van der Waals surface area contributed by atoms with Crippen molar-refractivity contribution >= 4 is 43.9 Å². The van der Waals surface area contributed by atoms with Crippen molar-refractivity contribution in [1.29, 1.82) is 0 Å². The first-order valence-corrected chi connectivity index (χ1v) is 18.7. The minimum absolute atomic E-state index is 0.595. The highest BCUT2D eigenvalue weighted by molar-refractivity contribution is 6.13. The standard InChI is InChI=1S/C51H31N3O2/c1-3-12-32(13-4-1)34-16-9-17-35(28-34)36-24-26-46-43(30-36)48-40(21-11-23-47(48)56-46)37-18-10-19-38(29-37)50-52-49(33-14-5-2-6-15-33)53-51(54-50)39-25-27-45-42(31-39)41-20-7-8-22-44(41)55-45/h1-31H. The van der Waals surface area contributed by atoms with Gasteiger partial charge in [0.2, 0.25) is 0 Å². The Labute approximate surface area is 322 Å². The minimum Gasteiger partial charge on any atom is -0.456 e. The number of fused-ring (bicyclic) bond motifs is 6. The van der Waals surface area contributed by atoms with E-state index < -0.39 is 0 Å². The van der Waals surface area contributed by atoms with Gasteiger partial charge in [-0.2, -0.15) is 0 Å². The summed E-state index contributed by atoms with van der Waals surface area (Å²) in [5.41, 5.74) is 12.9. The lowest BCUT2D eigenvalue weighted by molar-refractivity contribution is 0.668. The molecule has 11 aromatic rings. The summed E-state index contributed by atoms with van der Waals surface area (Å²) in [5, 5.41) is 4.22. The summed E-state index contributed by atoms with van der Waals surface area (Å²) in [6.45, 7) is 0. The molecule has 3 heterocycles. The average Bonchev–Trinajstić information content (AvgIpc) is 3.85. The maximum Gasteiger partial charge on any atom is 0.164 e. The maximum absolute atomic E-state index is 6.45. The van der Waals surface area contributed by atoms with Gasteiger partial charge in [-0.05, 0) is 88.0 Å². The Morgan fingerprint density at radius 2 is 0.732 bits per heavy atom. The van der Waals surface area contributed by atoms with Crippen LogP contribution in [-0.4, -0.2) is 15.0 Å². The highest BCUT2D eigenvalue weighted by Crippen LogP contribution is 2.40. The van der Waals surface area contributed by atoms with Crippen molar-refractivity contribution in [3.63, 3.8) is 0 Å². The number of para-hydroxylation sites is 1. The fourth-order valence-electron chi connectivity index (χ4n) is 7.80. The van der Waals surface area contributed by atoms with E-state index in [1.54, 1.807) is 0 Å². The third-order valence-corrected chi connectivity index (χ3v) is 10.5. The molecule has 0 aliphatic carbocycles. The Morgan fingerprint density at radius 1 is 0.268 bits per heavy atom. The second kappa shape index (κ2) is 13.0. The van der Waals surface area contributed by atoms with E-state index in [2.05, 4.69) is 115 Å². The minimum atomic E-state index is 0.595. The molecule has 0 saturated heterocycles. The molecule has 0 spiro atoms. The molecule has 3 aromatic heterocycles. The summed E-state index contributed by atoms with van der Waals surface area (Å²) >= 11 is 0. The molecule has 0 fully saturated rings. The Bertz CT molecular complexity index is 3250. The fraction of sp³-hybridized carbons (Fsp3) is 0. The van der Waals surface area contributed by atoms with Crippen LogP contribution in [0.3, 0.4) is 0 Å². The summed E-state index contributed by atoms with van der Waals surface area (Å²) < 4.78 is 12.6. The summed E-state index contributed by atoms with van der Waals surface area (Å²) in [6, 6.07) is 64.7. The average molecular weight is 718 g/mol. The van der Waals surface area contributed by atoms with Gasteiger partial charge in [0.25, 0.3) is 0 Å². The fourth-order valence-corrected chi connectivity index (χ4v) is 7.80. The summed E-state index contributed by atoms with van der Waals surface area (Å²) in [4.78, 5) is 15.2. The van der Waals surface area contributed by atoms with Crippen LogP contribution in [0.4, 0.5) is 0 Å². The van der Waals surface area contributed by atoms with Gasteiger partial charge in [-0.25, -0.2) is 15.0 Å². The molecule has 0 atom stereocenters. The van der Waals surface area contributed by atoms with Crippen LogP contribution in [0.25, 0.3) is 111 Å². The van der Waals surface area contributed by atoms with E-state index in [9.17, 15) is 0 Å². The molecule has 5 nitrogen and oxygen atoms in total. The Morgan fingerprint density at radius 3 is 1.52 bits per heavy atom. The van der Waals surface area contributed by atoms with Crippen LogP contribution in [0, 0.1) is 0 Å². The molecule has 11 rings (SSSR count). The van der Waals surface area contributed by atoms with Gasteiger partial charge in [0.15, 0.2) is 17.5 Å². The number of nitrogens with zero attached hydrogens (tertiary/aromatic N) is 3. The van der Waals surface area contributed by atoms with Gasteiger partial charge in [0, 0.05) is 38.2 Å². The van der Waals surface area contributed by atoms with E-state index in [0.29, 0.717) is 17.5 Å². The highest BCUT2D eigenvalue weighted by atomic mass is 16.3. The first-order valence-electron chi connectivity index (χ1n) is 18.7. The third-order valence-electron chi connectivity index (χ3n) is 10.5. The topological polar surface area (TPSA) is 65.0 Å². The van der Waals surface area contributed by atoms with Crippen molar-refractivity contribution < 1.29 is 8.83 Å². The molecule has 56 heavy (non-hydrogen) atoms. The zero-order chi connectivity index (χ0) is 37.0. The number of hydrogen-bond acceptors (Lipinski definition) is 5. The van der Waals surface area contributed by atoms with E-state index in [1.165, 1.54) is 11.1 Å². The van der Waals surface area contributed by atoms with Crippen LogP contribution >= 0.6 is 0 Å². The van der Waals surface area contributed by atoms with Crippen LogP contribution in [0.15, 0.2) is 197 Å². The zero-order valence-corrected chi connectivity index (χ0v) is 30.1. The van der Waals surface area contributed by atoms with Crippen LogP contribution in [0.5, 0.6) is 0 Å². The van der Waals surface area contributed by atoms with E-state index >= 15 is 0 Å². The number of hydrogen-bond donors (Lipinski definition) is 0. The molecule has 0 saturated carbocycles. The Hall–Kier alpha value is -7.63. The van der Waals surface area contributed by atoms with Crippen molar-refractivity contribution in [3.05, 3.63) is 188 Å². The van der Waals surface area contributed by atoms with Crippen LogP contribution < -0.4 is 0 Å². The van der Waals surface area contributed by atoms with Crippen LogP contribution in [-0.2, 0) is 0 Å². The third kappa shape index (κ3) is 5.53. The number of aromatic nitrogens is 3. The van der Waals surface area contributed by atoms with Gasteiger partial charge in [-0.3, -0.25) is 0 Å². The van der Waals surface area contributed by atoms with Crippen LogP contribution in [0.1, 0.15) is 0 Å². The predicted octanol–water partition coefficient (Wildman–Crippen LogP) is 13.7. The number of furan rings is 2. The molecular formula is C51H31N3O2. The predicted molar refractivity (Wildman–Crippen MR) is 227 cm³/mol.